The Morgan fingerprint density at radius 3 is 2.64 bits per heavy atom. The number of rotatable bonds is 4. The number of anilines is 1. The van der Waals surface area contributed by atoms with Crippen molar-refractivity contribution in [2.45, 2.75) is 6.43 Å². The van der Waals surface area contributed by atoms with Crippen molar-refractivity contribution < 1.29 is 18.7 Å². The Bertz CT molecular complexity index is 315. The molecular formula is C7H7F2N3O2. The number of carbonyl (C=O) groups is 1. The monoisotopic (exact) mass is 203 g/mol. The van der Waals surface area contributed by atoms with Crippen molar-refractivity contribution in [1.82, 2.24) is 9.97 Å². The van der Waals surface area contributed by atoms with E-state index in [0.29, 0.717) is 0 Å². The van der Waals surface area contributed by atoms with Crippen LogP contribution in [0.3, 0.4) is 0 Å². The Morgan fingerprint density at radius 1 is 1.50 bits per heavy atom. The first kappa shape index (κ1) is 10.3. The predicted octanol–water partition coefficient (Wildman–Crippen LogP) is 0.852. The second-order valence-corrected chi connectivity index (χ2v) is 2.36. The molecule has 0 fully saturated rings. The van der Waals surface area contributed by atoms with Crippen LogP contribution in [0, 0.1) is 0 Å². The van der Waals surface area contributed by atoms with Crippen molar-refractivity contribution in [3.05, 3.63) is 18.1 Å². The first-order valence-corrected chi connectivity index (χ1v) is 3.67. The van der Waals surface area contributed by atoms with E-state index in [1.54, 1.807) is 0 Å². The van der Waals surface area contributed by atoms with Gasteiger partial charge in [-0.2, -0.15) is 0 Å². The third-order valence-corrected chi connectivity index (χ3v) is 1.31. The molecule has 0 radical (unpaired) electrons. The van der Waals surface area contributed by atoms with E-state index in [1.165, 1.54) is 0 Å². The van der Waals surface area contributed by atoms with Gasteiger partial charge in [-0.05, 0) is 0 Å². The summed E-state index contributed by atoms with van der Waals surface area (Å²) in [5.41, 5.74) is -0.229. The number of carboxylic acids is 1. The third kappa shape index (κ3) is 2.92. The number of hydrogen-bond acceptors (Lipinski definition) is 4. The highest BCUT2D eigenvalue weighted by Gasteiger charge is 2.06. The summed E-state index contributed by atoms with van der Waals surface area (Å²) in [6.07, 6.45) is -0.405. The molecule has 14 heavy (non-hydrogen) atoms. The minimum atomic E-state index is -2.49. The highest BCUT2D eigenvalue weighted by atomic mass is 19.3. The van der Waals surface area contributed by atoms with E-state index in [4.69, 9.17) is 5.11 Å². The largest absolute Gasteiger partial charge is 0.476 e. The molecule has 1 aromatic rings. The standard InChI is InChI=1S/C7H7F2N3O2/c8-5(9)2-12-6-3-10-4(1-11-6)7(13)14/h1,3,5H,2H2,(H,11,12)(H,13,14). The van der Waals surface area contributed by atoms with Gasteiger partial charge >= 0.3 is 5.97 Å². The van der Waals surface area contributed by atoms with E-state index < -0.39 is 18.9 Å². The number of aromatic nitrogens is 2. The zero-order valence-corrected chi connectivity index (χ0v) is 6.94. The summed E-state index contributed by atoms with van der Waals surface area (Å²) >= 11 is 0. The molecule has 0 saturated heterocycles. The molecular weight excluding hydrogens is 196 g/mol. The van der Waals surface area contributed by atoms with Gasteiger partial charge in [0.25, 0.3) is 6.43 Å². The summed E-state index contributed by atoms with van der Waals surface area (Å²) in [4.78, 5) is 17.4. The number of nitrogens with one attached hydrogen (secondary N) is 1. The number of alkyl halides is 2. The van der Waals surface area contributed by atoms with Crippen LogP contribution in [-0.4, -0.2) is 34.0 Å². The van der Waals surface area contributed by atoms with Crippen molar-refractivity contribution in [3.8, 4) is 0 Å². The lowest BCUT2D eigenvalue weighted by atomic mass is 10.4. The van der Waals surface area contributed by atoms with Gasteiger partial charge in [0.05, 0.1) is 18.9 Å². The Morgan fingerprint density at radius 2 is 2.21 bits per heavy atom. The Balaban J connectivity index is 2.60. The van der Waals surface area contributed by atoms with Gasteiger partial charge in [-0.25, -0.2) is 23.5 Å². The summed E-state index contributed by atoms with van der Waals surface area (Å²) in [5, 5.41) is 10.7. The van der Waals surface area contributed by atoms with Crippen LogP contribution in [-0.2, 0) is 0 Å². The van der Waals surface area contributed by atoms with Gasteiger partial charge in [0.2, 0.25) is 0 Å². The quantitative estimate of drug-likeness (QED) is 0.758. The number of aromatic carboxylic acids is 1. The molecule has 0 atom stereocenters. The molecule has 0 aromatic carbocycles. The Hall–Kier alpha value is -1.79. The average Bonchev–Trinajstić information content (AvgIpc) is 2.15. The zero-order valence-electron chi connectivity index (χ0n) is 6.94. The molecule has 0 bridgehead atoms. The van der Waals surface area contributed by atoms with E-state index in [2.05, 4.69) is 15.3 Å². The van der Waals surface area contributed by atoms with Crippen LogP contribution >= 0.6 is 0 Å². The molecule has 0 spiro atoms. The van der Waals surface area contributed by atoms with Gasteiger partial charge in [-0.3, -0.25) is 0 Å². The molecule has 2 N–H and O–H groups in total. The number of carboxylic acid groups (broad SMARTS) is 1. The van der Waals surface area contributed by atoms with E-state index in [1.807, 2.05) is 0 Å². The van der Waals surface area contributed by atoms with Crippen molar-refractivity contribution >= 4 is 11.8 Å². The van der Waals surface area contributed by atoms with Gasteiger partial charge in [-0.1, -0.05) is 0 Å². The van der Waals surface area contributed by atoms with Crippen molar-refractivity contribution in [2.75, 3.05) is 11.9 Å². The maximum absolute atomic E-state index is 11.7. The van der Waals surface area contributed by atoms with E-state index >= 15 is 0 Å². The second kappa shape index (κ2) is 4.45. The Kier molecular flexibility index (Phi) is 3.27. The van der Waals surface area contributed by atoms with Gasteiger partial charge in [-0.15, -0.1) is 0 Å². The van der Waals surface area contributed by atoms with Crippen LogP contribution in [0.1, 0.15) is 10.5 Å². The van der Waals surface area contributed by atoms with Crippen LogP contribution in [0.25, 0.3) is 0 Å². The van der Waals surface area contributed by atoms with Crippen LogP contribution in [0.5, 0.6) is 0 Å². The highest BCUT2D eigenvalue weighted by molar-refractivity contribution is 5.84. The summed E-state index contributed by atoms with van der Waals surface area (Å²) in [5.74, 6) is -1.09. The first-order chi connectivity index (χ1) is 6.59. The fourth-order valence-corrected chi connectivity index (χ4v) is 0.711. The third-order valence-electron chi connectivity index (χ3n) is 1.31. The Labute approximate surface area is 77.8 Å². The molecule has 7 heteroatoms. The maximum Gasteiger partial charge on any atom is 0.356 e. The molecule has 1 heterocycles. The van der Waals surface area contributed by atoms with Gasteiger partial charge < -0.3 is 10.4 Å². The van der Waals surface area contributed by atoms with Gasteiger partial charge in [0, 0.05) is 0 Å². The molecule has 1 rings (SSSR count). The molecule has 0 aliphatic rings. The lowest BCUT2D eigenvalue weighted by molar-refractivity contribution is 0.0690. The topological polar surface area (TPSA) is 75.1 Å². The summed E-state index contributed by atoms with van der Waals surface area (Å²) < 4.78 is 23.4. The molecule has 1 aromatic heterocycles. The average molecular weight is 203 g/mol. The summed E-state index contributed by atoms with van der Waals surface area (Å²) in [7, 11) is 0. The van der Waals surface area contributed by atoms with E-state index in [0.717, 1.165) is 12.4 Å². The van der Waals surface area contributed by atoms with Crippen molar-refractivity contribution in [2.24, 2.45) is 0 Å². The number of halogens is 2. The molecule has 76 valence electrons. The molecule has 0 aliphatic heterocycles. The normalized spacial score (nSPS) is 10.2. The molecule has 0 aliphatic carbocycles. The maximum atomic E-state index is 11.7. The van der Waals surface area contributed by atoms with Crippen LogP contribution in [0.15, 0.2) is 12.4 Å². The fourth-order valence-electron chi connectivity index (χ4n) is 0.711. The van der Waals surface area contributed by atoms with Gasteiger partial charge in [0.1, 0.15) is 5.82 Å². The van der Waals surface area contributed by atoms with E-state index in [9.17, 15) is 13.6 Å². The molecule has 0 saturated carbocycles. The molecule has 0 unspecified atom stereocenters. The van der Waals surface area contributed by atoms with Crippen molar-refractivity contribution in [3.63, 3.8) is 0 Å². The van der Waals surface area contributed by atoms with E-state index in [-0.39, 0.29) is 11.5 Å². The highest BCUT2D eigenvalue weighted by Crippen LogP contribution is 2.02. The summed E-state index contributed by atoms with van der Waals surface area (Å²) in [6, 6.07) is 0. The predicted molar refractivity (Wildman–Crippen MR) is 43.5 cm³/mol. The van der Waals surface area contributed by atoms with Gasteiger partial charge in [0.15, 0.2) is 5.69 Å². The SMILES string of the molecule is O=C(O)c1cnc(NCC(F)F)cn1. The van der Waals surface area contributed by atoms with Crippen LogP contribution < -0.4 is 5.32 Å². The van der Waals surface area contributed by atoms with Crippen molar-refractivity contribution in [1.29, 1.82) is 0 Å². The minimum Gasteiger partial charge on any atom is -0.476 e. The first-order valence-electron chi connectivity index (χ1n) is 3.67. The smallest absolute Gasteiger partial charge is 0.356 e. The lowest BCUT2D eigenvalue weighted by Gasteiger charge is -2.03. The van der Waals surface area contributed by atoms with Crippen LogP contribution in [0.2, 0.25) is 0 Å². The molecule has 5 nitrogen and oxygen atoms in total. The zero-order chi connectivity index (χ0) is 10.6. The minimum absolute atomic E-state index is 0.121. The number of nitrogens with zero attached hydrogens (tertiary/aromatic N) is 2. The second-order valence-electron chi connectivity index (χ2n) is 2.36. The lowest BCUT2D eigenvalue weighted by Crippen LogP contribution is -2.12. The molecule has 0 amide bonds. The summed E-state index contributed by atoms with van der Waals surface area (Å²) in [6.45, 7) is -0.541. The fraction of sp³-hybridized carbons (Fsp3) is 0.286. The number of hydrogen-bond donors (Lipinski definition) is 2. The van der Waals surface area contributed by atoms with Crippen LogP contribution in [0.4, 0.5) is 14.6 Å².